The molecule has 2 aliphatic rings. The topological polar surface area (TPSA) is 41.9 Å². The van der Waals surface area contributed by atoms with E-state index >= 15 is 0 Å². The first-order valence-electron chi connectivity index (χ1n) is 10.8. The van der Waals surface area contributed by atoms with Gasteiger partial charge in [-0.25, -0.2) is 4.98 Å². The molecular weight excluding hydrogens is 344 g/mol. The molecule has 0 aliphatic carbocycles. The molecule has 0 saturated carbocycles. The van der Waals surface area contributed by atoms with Gasteiger partial charge in [0.2, 0.25) is 0 Å². The van der Waals surface area contributed by atoms with Gasteiger partial charge in [0.15, 0.2) is 0 Å². The van der Waals surface area contributed by atoms with Crippen LogP contribution in [0.5, 0.6) is 0 Å². The second-order valence-corrected chi connectivity index (χ2v) is 8.49. The summed E-state index contributed by atoms with van der Waals surface area (Å²) < 4.78 is 2.49. The summed E-state index contributed by atoms with van der Waals surface area (Å²) in [6.07, 6.45) is 7.07. The smallest absolute Gasteiger partial charge is 0.114 e. The van der Waals surface area contributed by atoms with Crippen LogP contribution in [0.25, 0.3) is 11.0 Å². The maximum atomic E-state index is 5.21. The van der Waals surface area contributed by atoms with E-state index in [1.165, 1.54) is 59.4 Å². The number of aryl methyl sites for hydroxylation is 1. The van der Waals surface area contributed by atoms with Gasteiger partial charge in [-0.15, -0.1) is 0 Å². The predicted octanol–water partition coefficient (Wildman–Crippen LogP) is 4.52. The molecular formula is C24H30N4. The van der Waals surface area contributed by atoms with Gasteiger partial charge < -0.3 is 15.2 Å². The van der Waals surface area contributed by atoms with Crippen LogP contribution in [0.1, 0.15) is 49.6 Å². The zero-order valence-electron chi connectivity index (χ0n) is 16.7. The van der Waals surface area contributed by atoms with Crippen LogP contribution in [0.4, 0.5) is 5.69 Å². The fourth-order valence-electron chi connectivity index (χ4n) is 4.80. The Hall–Kier alpha value is -2.33. The van der Waals surface area contributed by atoms with Crippen LogP contribution in [0.15, 0.2) is 42.5 Å². The molecule has 4 heteroatoms. The minimum atomic E-state index is 0.544. The number of benzene rings is 2. The fraction of sp³-hybridized carbons (Fsp3) is 0.458. The fourth-order valence-corrected chi connectivity index (χ4v) is 4.80. The minimum Gasteiger partial charge on any atom is -0.382 e. The highest BCUT2D eigenvalue weighted by molar-refractivity contribution is 5.86. The Balaban J connectivity index is 1.57. The van der Waals surface area contributed by atoms with Crippen molar-refractivity contribution in [3.63, 3.8) is 0 Å². The van der Waals surface area contributed by atoms with E-state index in [0.717, 1.165) is 25.9 Å². The lowest BCUT2D eigenvalue weighted by molar-refractivity contribution is 0.363. The summed E-state index contributed by atoms with van der Waals surface area (Å²) in [5.41, 5.74) is 6.52. The van der Waals surface area contributed by atoms with E-state index in [2.05, 4.69) is 64.6 Å². The summed E-state index contributed by atoms with van der Waals surface area (Å²) in [5, 5.41) is 7.37. The Bertz CT molecular complexity index is 954. The summed E-state index contributed by atoms with van der Waals surface area (Å²) >= 11 is 0. The molecule has 5 rings (SSSR count). The van der Waals surface area contributed by atoms with Crippen LogP contribution >= 0.6 is 0 Å². The number of aromatic nitrogens is 2. The normalized spacial score (nSPS) is 22.0. The molecule has 0 amide bonds. The number of rotatable bonds is 4. The third-order valence-corrected chi connectivity index (χ3v) is 6.35. The standard InChI is InChI=1S/C24H30N4/c1-17-10-11-20-21(26-17)12-13-22-24(20)27-23(15-18-7-3-2-4-8-18)28(22)16-19-9-5-6-14-25-19/h2-4,7-8,12-13,17,19,25-26H,5-6,9-11,14-16H2,1H3/t17-,19+/m0/s1. The van der Waals surface area contributed by atoms with Crippen LogP contribution in [-0.2, 0) is 19.4 Å². The third-order valence-electron chi connectivity index (χ3n) is 6.35. The molecule has 2 atom stereocenters. The SMILES string of the molecule is C[C@H]1CCc2c(ccc3c2nc(Cc2ccccc2)n3C[C@H]2CCCCN2)N1. The van der Waals surface area contributed by atoms with E-state index in [1.807, 2.05) is 0 Å². The first-order chi connectivity index (χ1) is 13.8. The molecule has 1 fully saturated rings. The number of hydrogen-bond acceptors (Lipinski definition) is 3. The van der Waals surface area contributed by atoms with Crippen molar-refractivity contribution in [2.75, 3.05) is 11.9 Å². The molecule has 3 aromatic rings. The average Bonchev–Trinajstić information content (AvgIpc) is 3.06. The Morgan fingerprint density at radius 2 is 1.96 bits per heavy atom. The van der Waals surface area contributed by atoms with Crippen molar-refractivity contribution in [3.8, 4) is 0 Å². The lowest BCUT2D eigenvalue weighted by atomic mass is 9.97. The summed E-state index contributed by atoms with van der Waals surface area (Å²) in [6.45, 7) is 4.42. The summed E-state index contributed by atoms with van der Waals surface area (Å²) in [6, 6.07) is 16.4. The number of fused-ring (bicyclic) bond motifs is 3. The molecule has 2 aliphatic heterocycles. The predicted molar refractivity (Wildman–Crippen MR) is 116 cm³/mol. The second-order valence-electron chi connectivity index (χ2n) is 8.49. The highest BCUT2D eigenvalue weighted by Crippen LogP contribution is 2.33. The number of nitrogens with zero attached hydrogens (tertiary/aromatic N) is 2. The third kappa shape index (κ3) is 3.42. The quantitative estimate of drug-likeness (QED) is 0.706. The van der Waals surface area contributed by atoms with Crippen molar-refractivity contribution >= 4 is 16.7 Å². The number of piperidine rings is 1. The van der Waals surface area contributed by atoms with Crippen LogP contribution in [0.2, 0.25) is 0 Å². The van der Waals surface area contributed by atoms with Crippen molar-refractivity contribution in [3.05, 3.63) is 59.4 Å². The largest absolute Gasteiger partial charge is 0.382 e. The van der Waals surface area contributed by atoms with Crippen molar-refractivity contribution < 1.29 is 0 Å². The molecule has 1 saturated heterocycles. The van der Waals surface area contributed by atoms with E-state index in [0.29, 0.717) is 12.1 Å². The molecule has 3 heterocycles. The Labute approximate surface area is 167 Å². The molecule has 1 aromatic heterocycles. The van der Waals surface area contributed by atoms with Gasteiger partial charge in [-0.1, -0.05) is 36.8 Å². The van der Waals surface area contributed by atoms with Gasteiger partial charge in [0.1, 0.15) is 5.82 Å². The van der Waals surface area contributed by atoms with Gasteiger partial charge in [-0.2, -0.15) is 0 Å². The van der Waals surface area contributed by atoms with Gasteiger partial charge >= 0.3 is 0 Å². The molecule has 4 nitrogen and oxygen atoms in total. The zero-order chi connectivity index (χ0) is 18.9. The van der Waals surface area contributed by atoms with Gasteiger partial charge in [-0.3, -0.25) is 0 Å². The maximum absolute atomic E-state index is 5.21. The summed E-state index contributed by atoms with van der Waals surface area (Å²) in [7, 11) is 0. The second kappa shape index (κ2) is 7.59. The molecule has 0 unspecified atom stereocenters. The number of imidazole rings is 1. The van der Waals surface area contributed by atoms with Crippen molar-refractivity contribution in [2.45, 2.75) is 64.1 Å². The van der Waals surface area contributed by atoms with Gasteiger partial charge in [0.25, 0.3) is 0 Å². The van der Waals surface area contributed by atoms with E-state index < -0.39 is 0 Å². The van der Waals surface area contributed by atoms with Crippen LogP contribution in [0, 0.1) is 0 Å². The first kappa shape index (κ1) is 17.7. The van der Waals surface area contributed by atoms with Crippen LogP contribution < -0.4 is 10.6 Å². The van der Waals surface area contributed by atoms with E-state index in [-0.39, 0.29) is 0 Å². The van der Waals surface area contributed by atoms with E-state index in [1.54, 1.807) is 0 Å². The molecule has 2 N–H and O–H groups in total. The molecule has 146 valence electrons. The molecule has 0 spiro atoms. The maximum Gasteiger partial charge on any atom is 0.114 e. The monoisotopic (exact) mass is 374 g/mol. The Morgan fingerprint density at radius 1 is 1.07 bits per heavy atom. The Kier molecular flexibility index (Phi) is 4.81. The summed E-state index contributed by atoms with van der Waals surface area (Å²) in [5.74, 6) is 1.19. The lowest BCUT2D eigenvalue weighted by Crippen LogP contribution is -2.37. The van der Waals surface area contributed by atoms with Crippen molar-refractivity contribution in [2.24, 2.45) is 0 Å². The van der Waals surface area contributed by atoms with Crippen LogP contribution in [0.3, 0.4) is 0 Å². The zero-order valence-corrected chi connectivity index (χ0v) is 16.7. The first-order valence-corrected chi connectivity index (χ1v) is 10.8. The Morgan fingerprint density at radius 3 is 2.79 bits per heavy atom. The number of hydrogen-bond donors (Lipinski definition) is 2. The molecule has 28 heavy (non-hydrogen) atoms. The number of nitrogens with one attached hydrogen (secondary N) is 2. The van der Waals surface area contributed by atoms with Crippen molar-refractivity contribution in [1.82, 2.24) is 14.9 Å². The number of anilines is 1. The van der Waals surface area contributed by atoms with Gasteiger partial charge in [0.05, 0.1) is 11.0 Å². The molecule has 0 radical (unpaired) electrons. The lowest BCUT2D eigenvalue weighted by Gasteiger charge is -2.26. The van der Waals surface area contributed by atoms with E-state index in [9.17, 15) is 0 Å². The van der Waals surface area contributed by atoms with Gasteiger partial charge in [0, 0.05) is 36.3 Å². The average molecular weight is 375 g/mol. The highest BCUT2D eigenvalue weighted by Gasteiger charge is 2.23. The summed E-state index contributed by atoms with van der Waals surface area (Å²) in [4.78, 5) is 5.21. The molecule has 0 bridgehead atoms. The van der Waals surface area contributed by atoms with Crippen molar-refractivity contribution in [1.29, 1.82) is 0 Å². The van der Waals surface area contributed by atoms with Gasteiger partial charge in [-0.05, 0) is 56.8 Å². The minimum absolute atomic E-state index is 0.544. The highest BCUT2D eigenvalue weighted by atomic mass is 15.1. The van der Waals surface area contributed by atoms with E-state index in [4.69, 9.17) is 4.98 Å². The van der Waals surface area contributed by atoms with Crippen LogP contribution in [-0.4, -0.2) is 28.2 Å². The molecule has 2 aromatic carbocycles.